The van der Waals surface area contributed by atoms with Crippen LogP contribution < -0.4 is 0 Å². The third kappa shape index (κ3) is 3.75. The molecule has 0 saturated heterocycles. The van der Waals surface area contributed by atoms with Gasteiger partial charge >= 0.3 is 12.1 Å². The molecule has 0 spiro atoms. The molecule has 0 fully saturated rings. The van der Waals surface area contributed by atoms with Gasteiger partial charge < -0.3 is 5.11 Å². The van der Waals surface area contributed by atoms with Crippen molar-refractivity contribution in [3.05, 3.63) is 34.9 Å². The number of halogens is 3. The SMILES string of the molecule is CC(C)(C)Cc1cc(C(F)(F)F)ccc1C(=O)O. The first-order valence-corrected chi connectivity index (χ1v) is 5.44. The first-order valence-electron chi connectivity index (χ1n) is 5.44. The van der Waals surface area contributed by atoms with Gasteiger partial charge in [0, 0.05) is 0 Å². The van der Waals surface area contributed by atoms with Gasteiger partial charge in [-0.15, -0.1) is 0 Å². The van der Waals surface area contributed by atoms with E-state index in [0.29, 0.717) is 0 Å². The average molecular weight is 260 g/mol. The van der Waals surface area contributed by atoms with E-state index in [2.05, 4.69) is 0 Å². The molecular formula is C13H15F3O2. The molecule has 0 unspecified atom stereocenters. The molecule has 18 heavy (non-hydrogen) atoms. The highest BCUT2D eigenvalue weighted by atomic mass is 19.4. The predicted molar refractivity (Wildman–Crippen MR) is 61.6 cm³/mol. The van der Waals surface area contributed by atoms with E-state index in [9.17, 15) is 18.0 Å². The number of hydrogen-bond acceptors (Lipinski definition) is 1. The Morgan fingerprint density at radius 3 is 2.17 bits per heavy atom. The second-order valence-electron chi connectivity index (χ2n) is 5.41. The van der Waals surface area contributed by atoms with E-state index < -0.39 is 17.7 Å². The molecule has 100 valence electrons. The molecule has 1 aromatic rings. The first-order chi connectivity index (χ1) is 8.00. The lowest BCUT2D eigenvalue weighted by molar-refractivity contribution is -0.137. The molecule has 2 nitrogen and oxygen atoms in total. The lowest BCUT2D eigenvalue weighted by Crippen LogP contribution is -2.15. The standard InChI is InChI=1S/C13H15F3O2/c1-12(2,3)7-8-6-9(13(14,15)16)4-5-10(8)11(17)18/h4-6H,7H2,1-3H3,(H,17,18). The zero-order chi connectivity index (χ0) is 14.1. The number of hydrogen-bond donors (Lipinski definition) is 1. The Morgan fingerprint density at radius 1 is 1.22 bits per heavy atom. The zero-order valence-corrected chi connectivity index (χ0v) is 10.4. The Balaban J connectivity index is 3.29. The summed E-state index contributed by atoms with van der Waals surface area (Å²) in [6.07, 6.45) is -4.18. The molecule has 0 aromatic heterocycles. The predicted octanol–water partition coefficient (Wildman–Crippen LogP) is 3.99. The molecule has 0 saturated carbocycles. The van der Waals surface area contributed by atoms with Gasteiger partial charge in [-0.25, -0.2) is 4.79 Å². The van der Waals surface area contributed by atoms with E-state index in [1.807, 2.05) is 20.8 Å². The maximum atomic E-state index is 12.6. The van der Waals surface area contributed by atoms with Crippen LogP contribution in [0.4, 0.5) is 13.2 Å². The van der Waals surface area contributed by atoms with Gasteiger partial charge in [-0.3, -0.25) is 0 Å². The van der Waals surface area contributed by atoms with Crippen LogP contribution in [0.25, 0.3) is 0 Å². The van der Waals surface area contributed by atoms with Gasteiger partial charge in [-0.1, -0.05) is 20.8 Å². The minimum Gasteiger partial charge on any atom is -0.478 e. The fourth-order valence-corrected chi connectivity index (χ4v) is 1.70. The molecule has 0 heterocycles. The minimum absolute atomic E-state index is 0.0714. The number of rotatable bonds is 2. The summed E-state index contributed by atoms with van der Waals surface area (Å²) in [7, 11) is 0. The Morgan fingerprint density at radius 2 is 1.78 bits per heavy atom. The van der Waals surface area contributed by atoms with E-state index in [0.717, 1.165) is 18.2 Å². The number of carbonyl (C=O) groups is 1. The van der Waals surface area contributed by atoms with Crippen LogP contribution in [-0.4, -0.2) is 11.1 Å². The van der Waals surface area contributed by atoms with Gasteiger partial charge in [0.15, 0.2) is 0 Å². The fourth-order valence-electron chi connectivity index (χ4n) is 1.70. The summed E-state index contributed by atoms with van der Waals surface area (Å²) in [6.45, 7) is 5.54. The van der Waals surface area contributed by atoms with Crippen LogP contribution in [0.5, 0.6) is 0 Å². The minimum atomic E-state index is -4.45. The summed E-state index contributed by atoms with van der Waals surface area (Å²) in [4.78, 5) is 11.0. The smallest absolute Gasteiger partial charge is 0.416 e. The van der Waals surface area contributed by atoms with Crippen molar-refractivity contribution in [3.63, 3.8) is 0 Å². The van der Waals surface area contributed by atoms with Gasteiger partial charge in [0.05, 0.1) is 11.1 Å². The summed E-state index contributed by atoms with van der Waals surface area (Å²) in [6, 6.07) is 2.75. The summed E-state index contributed by atoms with van der Waals surface area (Å²) in [5.74, 6) is -1.21. The molecule has 0 aliphatic rings. The Labute approximate surface area is 103 Å². The van der Waals surface area contributed by atoms with Crippen LogP contribution in [0.15, 0.2) is 18.2 Å². The lowest BCUT2D eigenvalue weighted by Gasteiger charge is -2.20. The second kappa shape index (κ2) is 4.63. The lowest BCUT2D eigenvalue weighted by atomic mass is 9.85. The highest BCUT2D eigenvalue weighted by Crippen LogP contribution is 2.32. The van der Waals surface area contributed by atoms with Crippen molar-refractivity contribution >= 4 is 5.97 Å². The van der Waals surface area contributed by atoms with Crippen LogP contribution >= 0.6 is 0 Å². The van der Waals surface area contributed by atoms with Crippen LogP contribution in [-0.2, 0) is 12.6 Å². The third-order valence-electron chi connectivity index (χ3n) is 2.38. The quantitative estimate of drug-likeness (QED) is 0.872. The number of alkyl halides is 3. The Hall–Kier alpha value is -1.52. The van der Waals surface area contributed by atoms with E-state index in [-0.39, 0.29) is 23.0 Å². The van der Waals surface area contributed by atoms with Crippen molar-refractivity contribution in [1.29, 1.82) is 0 Å². The van der Waals surface area contributed by atoms with Crippen molar-refractivity contribution in [2.45, 2.75) is 33.4 Å². The molecule has 0 aliphatic carbocycles. The molecule has 1 rings (SSSR count). The molecule has 0 atom stereocenters. The summed E-state index contributed by atoms with van der Waals surface area (Å²) < 4.78 is 37.8. The first kappa shape index (κ1) is 14.5. The van der Waals surface area contributed by atoms with Crippen LogP contribution in [0, 0.1) is 5.41 Å². The van der Waals surface area contributed by atoms with E-state index >= 15 is 0 Å². The van der Waals surface area contributed by atoms with Crippen molar-refractivity contribution in [1.82, 2.24) is 0 Å². The van der Waals surface area contributed by atoms with Crippen LogP contribution in [0.2, 0.25) is 0 Å². The van der Waals surface area contributed by atoms with Gasteiger partial charge in [0.25, 0.3) is 0 Å². The van der Waals surface area contributed by atoms with Crippen LogP contribution in [0.1, 0.15) is 42.3 Å². The highest BCUT2D eigenvalue weighted by molar-refractivity contribution is 5.89. The fraction of sp³-hybridized carbons (Fsp3) is 0.462. The highest BCUT2D eigenvalue weighted by Gasteiger charge is 2.32. The number of aromatic carboxylic acids is 1. The van der Waals surface area contributed by atoms with Crippen molar-refractivity contribution < 1.29 is 23.1 Å². The zero-order valence-electron chi connectivity index (χ0n) is 10.4. The topological polar surface area (TPSA) is 37.3 Å². The molecule has 1 aromatic carbocycles. The molecule has 5 heteroatoms. The van der Waals surface area contributed by atoms with Gasteiger partial charge in [0.1, 0.15) is 0 Å². The maximum Gasteiger partial charge on any atom is 0.416 e. The van der Waals surface area contributed by atoms with Crippen molar-refractivity contribution in [2.24, 2.45) is 5.41 Å². The molecule has 0 bridgehead atoms. The van der Waals surface area contributed by atoms with Crippen molar-refractivity contribution in [3.8, 4) is 0 Å². The Bertz CT molecular complexity index is 456. The van der Waals surface area contributed by atoms with Crippen LogP contribution in [0.3, 0.4) is 0 Å². The molecule has 1 N–H and O–H groups in total. The van der Waals surface area contributed by atoms with E-state index in [1.54, 1.807) is 0 Å². The summed E-state index contributed by atoms with van der Waals surface area (Å²) in [5, 5.41) is 8.97. The van der Waals surface area contributed by atoms with E-state index in [1.165, 1.54) is 0 Å². The van der Waals surface area contributed by atoms with Crippen molar-refractivity contribution in [2.75, 3.05) is 0 Å². The second-order valence-corrected chi connectivity index (χ2v) is 5.41. The summed E-state index contributed by atoms with van der Waals surface area (Å²) >= 11 is 0. The largest absolute Gasteiger partial charge is 0.478 e. The number of carboxylic acids is 1. The molecular weight excluding hydrogens is 245 g/mol. The Kier molecular flexibility index (Phi) is 3.74. The summed E-state index contributed by atoms with van der Waals surface area (Å²) in [5.41, 5.74) is -0.955. The molecule has 0 aliphatic heterocycles. The third-order valence-corrected chi connectivity index (χ3v) is 2.38. The molecule has 0 amide bonds. The van der Waals surface area contributed by atoms with Gasteiger partial charge in [-0.05, 0) is 35.6 Å². The molecule has 0 radical (unpaired) electrons. The van der Waals surface area contributed by atoms with Gasteiger partial charge in [0.2, 0.25) is 0 Å². The number of carboxylic acid groups (broad SMARTS) is 1. The normalized spacial score (nSPS) is 12.6. The monoisotopic (exact) mass is 260 g/mol. The maximum absolute atomic E-state index is 12.6. The number of benzene rings is 1. The average Bonchev–Trinajstić information content (AvgIpc) is 2.12. The van der Waals surface area contributed by atoms with Gasteiger partial charge in [-0.2, -0.15) is 13.2 Å². The van der Waals surface area contributed by atoms with E-state index in [4.69, 9.17) is 5.11 Å².